The number of aromatic carboxylic acids is 1. The lowest BCUT2D eigenvalue weighted by atomic mass is 10.2. The number of carbonyl (C=O) groups is 1. The molecule has 0 fully saturated rings. The van der Waals surface area contributed by atoms with Crippen LogP contribution in [0, 0.1) is 0 Å². The molecular weight excluding hydrogens is 541 g/mol. The minimum Gasteiger partial charge on any atom is -0.477 e. The third-order valence-electron chi connectivity index (χ3n) is 5.50. The summed E-state index contributed by atoms with van der Waals surface area (Å²) in [6.45, 7) is 0.205. The number of carboxylic acid groups (broad SMARTS) is 1. The van der Waals surface area contributed by atoms with E-state index in [0.717, 1.165) is 21.8 Å². The van der Waals surface area contributed by atoms with E-state index in [4.69, 9.17) is 23.2 Å². The Morgan fingerprint density at radius 1 is 1.00 bits per heavy atom. The molecule has 0 bridgehead atoms. The Labute approximate surface area is 220 Å². The molecule has 5 aromatic rings. The highest BCUT2D eigenvalue weighted by Crippen LogP contribution is 2.34. The Hall–Kier alpha value is -3.37. The van der Waals surface area contributed by atoms with Crippen LogP contribution < -0.4 is 4.72 Å². The lowest BCUT2D eigenvalue weighted by Crippen LogP contribution is -2.11. The van der Waals surface area contributed by atoms with Gasteiger partial charge in [0.1, 0.15) is 9.90 Å². The van der Waals surface area contributed by atoms with Gasteiger partial charge in [0.15, 0.2) is 0 Å². The van der Waals surface area contributed by atoms with E-state index in [9.17, 15) is 18.3 Å². The zero-order valence-electron chi connectivity index (χ0n) is 18.4. The highest BCUT2D eigenvalue weighted by Gasteiger charge is 2.22. The number of carboxylic acids is 1. The summed E-state index contributed by atoms with van der Waals surface area (Å²) in [6.07, 6.45) is 1.64. The average molecular weight is 558 g/mol. The molecule has 2 aromatic carbocycles. The van der Waals surface area contributed by atoms with E-state index in [1.54, 1.807) is 65.4 Å². The standard InChI is InChI=1S/C25H17Cl2N3O4S2/c26-17-8-7-15(12-18(17)27)14-30-21-6-3-5-19(16(21)13-22(30)25(31)32)29-36(33,34)24-10-9-23(35-24)20-4-1-2-11-28-20/h1-13,29H,14H2,(H,31,32). The Morgan fingerprint density at radius 3 is 2.56 bits per heavy atom. The second-order valence-corrected chi connectivity index (χ2v) is 11.7. The van der Waals surface area contributed by atoms with Gasteiger partial charge in [-0.1, -0.05) is 41.4 Å². The Kier molecular flexibility index (Phi) is 6.48. The summed E-state index contributed by atoms with van der Waals surface area (Å²) in [4.78, 5) is 17.0. The average Bonchev–Trinajstić information content (AvgIpc) is 3.49. The van der Waals surface area contributed by atoms with E-state index in [1.165, 1.54) is 12.1 Å². The fraction of sp³-hybridized carbons (Fsp3) is 0.0400. The first kappa shape index (κ1) is 24.3. The molecule has 0 saturated carbocycles. The number of fused-ring (bicyclic) bond motifs is 1. The maximum absolute atomic E-state index is 13.2. The van der Waals surface area contributed by atoms with Gasteiger partial charge in [0.05, 0.1) is 31.8 Å². The van der Waals surface area contributed by atoms with E-state index in [-0.39, 0.29) is 22.1 Å². The number of pyridine rings is 1. The number of halogens is 2. The number of nitrogens with zero attached hydrogens (tertiary/aromatic N) is 2. The first-order valence-corrected chi connectivity index (χ1v) is 13.6. The van der Waals surface area contributed by atoms with Crippen LogP contribution in [0.5, 0.6) is 0 Å². The maximum Gasteiger partial charge on any atom is 0.352 e. The summed E-state index contributed by atoms with van der Waals surface area (Å²) in [5.74, 6) is -1.14. The topological polar surface area (TPSA) is 101 Å². The van der Waals surface area contributed by atoms with Crippen LogP contribution in [0.3, 0.4) is 0 Å². The molecule has 2 N–H and O–H groups in total. The summed E-state index contributed by atoms with van der Waals surface area (Å²) in [6, 6.07) is 20.2. The third-order valence-corrected chi connectivity index (χ3v) is 9.20. The van der Waals surface area contributed by atoms with E-state index >= 15 is 0 Å². The molecule has 0 spiro atoms. The molecule has 0 unspecified atom stereocenters. The van der Waals surface area contributed by atoms with Crippen LogP contribution in [-0.2, 0) is 16.6 Å². The van der Waals surface area contributed by atoms with Crippen LogP contribution in [0.2, 0.25) is 10.0 Å². The third kappa shape index (κ3) is 4.70. The molecule has 11 heteroatoms. The quantitative estimate of drug-likeness (QED) is 0.234. The largest absolute Gasteiger partial charge is 0.477 e. The number of benzene rings is 2. The van der Waals surface area contributed by atoms with Gasteiger partial charge in [0.2, 0.25) is 0 Å². The SMILES string of the molecule is O=C(O)c1cc2c(NS(=O)(=O)c3ccc(-c4ccccn4)s3)cccc2n1Cc1ccc(Cl)c(Cl)c1. The molecule has 7 nitrogen and oxygen atoms in total. The summed E-state index contributed by atoms with van der Waals surface area (Å²) in [5, 5.41) is 11.1. The summed E-state index contributed by atoms with van der Waals surface area (Å²) in [7, 11) is -3.93. The van der Waals surface area contributed by atoms with Crippen molar-refractivity contribution < 1.29 is 18.3 Å². The van der Waals surface area contributed by atoms with Crippen molar-refractivity contribution in [1.82, 2.24) is 9.55 Å². The number of sulfonamides is 1. The summed E-state index contributed by atoms with van der Waals surface area (Å²) in [5.41, 5.74) is 2.26. The van der Waals surface area contributed by atoms with Crippen molar-refractivity contribution in [3.05, 3.63) is 100 Å². The van der Waals surface area contributed by atoms with Gasteiger partial charge in [-0.25, -0.2) is 13.2 Å². The maximum atomic E-state index is 13.2. The molecule has 0 amide bonds. The fourth-order valence-electron chi connectivity index (χ4n) is 3.85. The zero-order chi connectivity index (χ0) is 25.4. The van der Waals surface area contributed by atoms with Gasteiger partial charge >= 0.3 is 5.97 Å². The van der Waals surface area contributed by atoms with Crippen molar-refractivity contribution in [3.8, 4) is 10.6 Å². The lowest BCUT2D eigenvalue weighted by molar-refractivity contribution is 0.0686. The van der Waals surface area contributed by atoms with E-state index < -0.39 is 16.0 Å². The number of thiophene rings is 1. The molecule has 5 rings (SSSR count). The van der Waals surface area contributed by atoms with Gasteiger partial charge in [-0.15, -0.1) is 11.3 Å². The van der Waals surface area contributed by atoms with Gasteiger partial charge in [0, 0.05) is 18.1 Å². The first-order chi connectivity index (χ1) is 17.2. The number of hydrogen-bond acceptors (Lipinski definition) is 5. The van der Waals surface area contributed by atoms with Crippen molar-refractivity contribution in [2.75, 3.05) is 4.72 Å². The molecule has 3 heterocycles. The minimum atomic E-state index is -3.93. The smallest absolute Gasteiger partial charge is 0.352 e. The fourth-order valence-corrected chi connectivity index (χ4v) is 6.53. The Bertz CT molecular complexity index is 1710. The molecule has 0 aliphatic heterocycles. The van der Waals surface area contributed by atoms with E-state index in [1.807, 2.05) is 6.07 Å². The lowest BCUT2D eigenvalue weighted by Gasteiger charge is -2.11. The number of hydrogen-bond donors (Lipinski definition) is 2. The normalized spacial score (nSPS) is 11.6. The molecule has 0 atom stereocenters. The van der Waals surface area contributed by atoms with Crippen molar-refractivity contribution in [3.63, 3.8) is 0 Å². The van der Waals surface area contributed by atoms with Crippen LogP contribution in [0.4, 0.5) is 5.69 Å². The highest BCUT2D eigenvalue weighted by atomic mass is 35.5. The molecule has 0 aliphatic rings. The van der Waals surface area contributed by atoms with Crippen LogP contribution >= 0.6 is 34.5 Å². The molecular formula is C25H17Cl2N3O4S2. The van der Waals surface area contributed by atoms with Crippen LogP contribution in [0.25, 0.3) is 21.5 Å². The van der Waals surface area contributed by atoms with Crippen molar-refractivity contribution in [2.45, 2.75) is 10.8 Å². The van der Waals surface area contributed by atoms with Crippen LogP contribution in [-0.4, -0.2) is 29.0 Å². The van der Waals surface area contributed by atoms with Crippen LogP contribution in [0.1, 0.15) is 16.1 Å². The van der Waals surface area contributed by atoms with Gasteiger partial charge < -0.3 is 9.67 Å². The Morgan fingerprint density at radius 2 is 1.83 bits per heavy atom. The molecule has 0 saturated heterocycles. The monoisotopic (exact) mass is 557 g/mol. The van der Waals surface area contributed by atoms with Crippen molar-refractivity contribution in [2.24, 2.45) is 0 Å². The van der Waals surface area contributed by atoms with Gasteiger partial charge in [-0.2, -0.15) is 0 Å². The Balaban J connectivity index is 1.52. The zero-order valence-corrected chi connectivity index (χ0v) is 21.5. The van der Waals surface area contributed by atoms with Gasteiger partial charge in [-0.05, 0) is 60.2 Å². The molecule has 3 aromatic heterocycles. The summed E-state index contributed by atoms with van der Waals surface area (Å²) >= 11 is 13.2. The number of nitrogens with one attached hydrogen (secondary N) is 1. The molecule has 182 valence electrons. The molecule has 0 aliphatic carbocycles. The van der Waals surface area contributed by atoms with E-state index in [2.05, 4.69) is 9.71 Å². The highest BCUT2D eigenvalue weighted by molar-refractivity contribution is 7.94. The van der Waals surface area contributed by atoms with Gasteiger partial charge in [-0.3, -0.25) is 9.71 Å². The van der Waals surface area contributed by atoms with Crippen molar-refractivity contribution >= 4 is 67.1 Å². The van der Waals surface area contributed by atoms with Gasteiger partial charge in [0.25, 0.3) is 10.0 Å². The first-order valence-electron chi connectivity index (χ1n) is 10.6. The van der Waals surface area contributed by atoms with Crippen LogP contribution in [0.15, 0.2) is 83.2 Å². The second kappa shape index (κ2) is 9.59. The molecule has 0 radical (unpaired) electrons. The number of anilines is 1. The molecule has 36 heavy (non-hydrogen) atoms. The minimum absolute atomic E-state index is 0.0104. The number of aromatic nitrogens is 2. The predicted molar refractivity (Wildman–Crippen MR) is 143 cm³/mol. The number of rotatable bonds is 7. The second-order valence-electron chi connectivity index (χ2n) is 7.85. The predicted octanol–water partition coefficient (Wildman–Crippen LogP) is 6.62. The summed E-state index contributed by atoms with van der Waals surface area (Å²) < 4.78 is 30.7. The van der Waals surface area contributed by atoms with E-state index in [0.29, 0.717) is 26.6 Å². The van der Waals surface area contributed by atoms with Crippen molar-refractivity contribution in [1.29, 1.82) is 0 Å².